The van der Waals surface area contributed by atoms with Crippen LogP contribution in [0.15, 0.2) is 52.3 Å². The van der Waals surface area contributed by atoms with Crippen LogP contribution in [0.2, 0.25) is 0 Å². The van der Waals surface area contributed by atoms with Gasteiger partial charge in [-0.25, -0.2) is 17.5 Å². The van der Waals surface area contributed by atoms with Crippen molar-refractivity contribution in [3.8, 4) is 5.75 Å². The smallest absolute Gasteiger partial charge is 0.273 e. The van der Waals surface area contributed by atoms with Crippen LogP contribution in [0.4, 0.5) is 10.1 Å². The number of thioether (sulfide) groups is 1. The number of halogens is 1. The number of nitro benzene ring substituents is 1. The number of benzene rings is 2. The molecule has 0 aliphatic heterocycles. The number of sulfonamides is 1. The maximum absolute atomic E-state index is 12.8. The highest BCUT2D eigenvalue weighted by atomic mass is 32.2. The summed E-state index contributed by atoms with van der Waals surface area (Å²) in [6, 6.07) is 9.38. The molecule has 0 saturated heterocycles. The highest BCUT2D eigenvalue weighted by molar-refractivity contribution is 7.99. The van der Waals surface area contributed by atoms with Gasteiger partial charge in [0.05, 0.1) is 18.1 Å². The van der Waals surface area contributed by atoms with Gasteiger partial charge in [-0.3, -0.25) is 10.1 Å². The number of nitrogens with one attached hydrogen (secondary N) is 1. The monoisotopic (exact) mass is 400 g/mol. The Kier molecular flexibility index (Phi) is 6.95. The zero-order valence-corrected chi connectivity index (χ0v) is 15.5. The first-order valence-electron chi connectivity index (χ1n) is 7.54. The van der Waals surface area contributed by atoms with E-state index in [1.807, 2.05) is 0 Å². The maximum Gasteiger partial charge on any atom is 0.273 e. The first kappa shape index (κ1) is 20.1. The van der Waals surface area contributed by atoms with E-state index >= 15 is 0 Å². The predicted molar refractivity (Wildman–Crippen MR) is 96.6 cm³/mol. The third-order valence-corrected chi connectivity index (χ3v) is 5.94. The molecular weight excluding hydrogens is 383 g/mol. The SMILES string of the molecule is COc1cc([N+](=O)[O-])ccc1S(=O)(=O)NCCCSc1ccc(F)cc1. The topological polar surface area (TPSA) is 98.5 Å². The number of nitro groups is 1. The highest BCUT2D eigenvalue weighted by Crippen LogP contribution is 2.28. The Morgan fingerprint density at radius 2 is 1.92 bits per heavy atom. The zero-order chi connectivity index (χ0) is 19.2. The fraction of sp³-hybridized carbons (Fsp3) is 0.250. The molecule has 0 radical (unpaired) electrons. The Balaban J connectivity index is 1.92. The van der Waals surface area contributed by atoms with E-state index < -0.39 is 14.9 Å². The normalized spacial score (nSPS) is 11.3. The van der Waals surface area contributed by atoms with Crippen LogP contribution in [0.1, 0.15) is 6.42 Å². The van der Waals surface area contributed by atoms with Gasteiger partial charge in [0.15, 0.2) is 0 Å². The van der Waals surface area contributed by atoms with Gasteiger partial charge in [-0.15, -0.1) is 11.8 Å². The van der Waals surface area contributed by atoms with Crippen molar-refractivity contribution in [3.05, 3.63) is 58.4 Å². The fourth-order valence-corrected chi connectivity index (χ4v) is 4.14. The predicted octanol–water partition coefficient (Wildman–Crippen LogP) is 3.20. The molecule has 0 amide bonds. The number of rotatable bonds is 9. The van der Waals surface area contributed by atoms with Crippen LogP contribution in [-0.2, 0) is 10.0 Å². The first-order valence-corrected chi connectivity index (χ1v) is 10.0. The minimum atomic E-state index is -3.85. The minimum Gasteiger partial charge on any atom is -0.495 e. The van der Waals surface area contributed by atoms with E-state index in [9.17, 15) is 22.9 Å². The maximum atomic E-state index is 12.8. The van der Waals surface area contributed by atoms with Crippen molar-refractivity contribution in [1.82, 2.24) is 4.72 Å². The average molecular weight is 400 g/mol. The van der Waals surface area contributed by atoms with Crippen LogP contribution < -0.4 is 9.46 Å². The molecule has 26 heavy (non-hydrogen) atoms. The van der Waals surface area contributed by atoms with Gasteiger partial charge >= 0.3 is 0 Å². The number of nitrogens with zero attached hydrogens (tertiary/aromatic N) is 1. The molecule has 2 aromatic rings. The first-order chi connectivity index (χ1) is 12.3. The number of hydrogen-bond donors (Lipinski definition) is 1. The molecule has 0 heterocycles. The molecule has 7 nitrogen and oxygen atoms in total. The van der Waals surface area contributed by atoms with Crippen LogP contribution in [0.25, 0.3) is 0 Å². The van der Waals surface area contributed by atoms with Gasteiger partial charge < -0.3 is 4.74 Å². The Morgan fingerprint density at radius 1 is 1.23 bits per heavy atom. The Labute approximate surface area is 154 Å². The summed E-state index contributed by atoms with van der Waals surface area (Å²) in [4.78, 5) is 10.9. The summed E-state index contributed by atoms with van der Waals surface area (Å²) in [6.07, 6.45) is 0.552. The van der Waals surface area contributed by atoms with E-state index in [-0.39, 0.29) is 28.7 Å². The number of ether oxygens (including phenoxy) is 1. The molecule has 0 aromatic heterocycles. The van der Waals surface area contributed by atoms with E-state index in [4.69, 9.17) is 4.74 Å². The van der Waals surface area contributed by atoms with Crippen molar-refractivity contribution in [3.63, 3.8) is 0 Å². The van der Waals surface area contributed by atoms with Gasteiger partial charge in [0, 0.05) is 17.5 Å². The van der Waals surface area contributed by atoms with Crippen LogP contribution >= 0.6 is 11.8 Å². The summed E-state index contributed by atoms with van der Waals surface area (Å²) in [7, 11) is -2.61. The van der Waals surface area contributed by atoms with Crippen LogP contribution in [0, 0.1) is 15.9 Å². The lowest BCUT2D eigenvalue weighted by Gasteiger charge is -2.10. The molecule has 0 aliphatic rings. The summed E-state index contributed by atoms with van der Waals surface area (Å²) in [6.45, 7) is 0.191. The van der Waals surface area contributed by atoms with Crippen molar-refractivity contribution in [2.75, 3.05) is 19.4 Å². The summed E-state index contributed by atoms with van der Waals surface area (Å²) >= 11 is 1.49. The molecule has 0 atom stereocenters. The Bertz CT molecular complexity index is 873. The third-order valence-electron chi connectivity index (χ3n) is 3.34. The highest BCUT2D eigenvalue weighted by Gasteiger charge is 2.21. The van der Waals surface area contributed by atoms with Gasteiger partial charge in [-0.05, 0) is 42.5 Å². The van der Waals surface area contributed by atoms with Crippen LogP contribution in [-0.4, -0.2) is 32.7 Å². The molecule has 0 aliphatic carbocycles. The summed E-state index contributed by atoms with van der Waals surface area (Å²) in [5.74, 6) is 0.248. The van der Waals surface area contributed by atoms with E-state index in [0.29, 0.717) is 12.2 Å². The number of hydrogen-bond acceptors (Lipinski definition) is 6. The summed E-state index contributed by atoms with van der Waals surface area (Å²) < 4.78 is 44.9. The largest absolute Gasteiger partial charge is 0.495 e. The molecule has 140 valence electrons. The van der Waals surface area contributed by atoms with Crippen LogP contribution in [0.5, 0.6) is 5.75 Å². The molecule has 2 rings (SSSR count). The molecule has 0 fully saturated rings. The van der Waals surface area contributed by atoms with Gasteiger partial charge in [-0.1, -0.05) is 0 Å². The van der Waals surface area contributed by atoms with E-state index in [1.165, 1.54) is 31.0 Å². The number of non-ortho nitro benzene ring substituents is 1. The Hall–Kier alpha value is -2.17. The lowest BCUT2D eigenvalue weighted by molar-refractivity contribution is -0.385. The quantitative estimate of drug-likeness (QED) is 0.300. The van der Waals surface area contributed by atoms with Crippen molar-refractivity contribution >= 4 is 27.5 Å². The molecule has 1 N–H and O–H groups in total. The number of methoxy groups -OCH3 is 1. The van der Waals surface area contributed by atoms with Gasteiger partial charge in [0.2, 0.25) is 10.0 Å². The standard InChI is InChI=1S/C16H17FN2O5S2/c1-24-15-11-13(19(20)21)5-8-16(15)26(22,23)18-9-2-10-25-14-6-3-12(17)4-7-14/h3-8,11,18H,2,9-10H2,1H3. The fourth-order valence-electron chi connectivity index (χ4n) is 2.07. The van der Waals surface area contributed by atoms with Crippen molar-refractivity contribution < 1.29 is 22.5 Å². The molecule has 0 bridgehead atoms. The second-order valence-electron chi connectivity index (χ2n) is 5.15. The molecule has 0 spiro atoms. The third kappa shape index (κ3) is 5.41. The summed E-state index contributed by atoms with van der Waals surface area (Å²) in [5.41, 5.74) is -0.253. The molecule has 10 heteroatoms. The zero-order valence-electron chi connectivity index (χ0n) is 13.8. The van der Waals surface area contributed by atoms with E-state index in [1.54, 1.807) is 12.1 Å². The molecule has 0 unspecified atom stereocenters. The minimum absolute atomic E-state index is 0.0904. The lowest BCUT2D eigenvalue weighted by Crippen LogP contribution is -2.25. The Morgan fingerprint density at radius 3 is 2.54 bits per heavy atom. The lowest BCUT2D eigenvalue weighted by atomic mass is 10.3. The second kappa shape index (κ2) is 8.97. The van der Waals surface area contributed by atoms with Crippen molar-refractivity contribution in [2.45, 2.75) is 16.2 Å². The van der Waals surface area contributed by atoms with Gasteiger partial charge in [-0.2, -0.15) is 0 Å². The van der Waals surface area contributed by atoms with Crippen LogP contribution in [0.3, 0.4) is 0 Å². The van der Waals surface area contributed by atoms with E-state index in [2.05, 4.69) is 4.72 Å². The van der Waals surface area contributed by atoms with Gasteiger partial charge in [0.25, 0.3) is 5.69 Å². The average Bonchev–Trinajstić information content (AvgIpc) is 2.62. The summed E-state index contributed by atoms with van der Waals surface area (Å²) in [5, 5.41) is 10.8. The van der Waals surface area contributed by atoms with Gasteiger partial charge in [0.1, 0.15) is 16.5 Å². The molecule has 2 aromatic carbocycles. The second-order valence-corrected chi connectivity index (χ2v) is 8.05. The van der Waals surface area contributed by atoms with Crippen molar-refractivity contribution in [2.24, 2.45) is 0 Å². The molecule has 0 saturated carbocycles. The molecular formula is C16H17FN2O5S2. The van der Waals surface area contributed by atoms with Crippen molar-refractivity contribution in [1.29, 1.82) is 0 Å². The van der Waals surface area contributed by atoms with E-state index in [0.717, 1.165) is 23.1 Å².